The van der Waals surface area contributed by atoms with Crippen LogP contribution in [0.3, 0.4) is 0 Å². The number of benzene rings is 1. The van der Waals surface area contributed by atoms with Gasteiger partial charge in [0.15, 0.2) is 0 Å². The van der Waals surface area contributed by atoms with Crippen molar-refractivity contribution in [3.8, 4) is 0 Å². The molecule has 2 heterocycles. The highest BCUT2D eigenvalue weighted by molar-refractivity contribution is 6.42. The van der Waals surface area contributed by atoms with Crippen LogP contribution in [0.15, 0.2) is 18.2 Å². The number of halogens is 2. The SMILES string of the molecule is Clc1ccc(C2(C3CNC3)COC2)cc1Cl. The van der Waals surface area contributed by atoms with E-state index in [1.807, 2.05) is 12.1 Å². The normalized spacial score (nSPS) is 23.6. The van der Waals surface area contributed by atoms with Crippen molar-refractivity contribution in [2.24, 2.45) is 5.92 Å². The Morgan fingerprint density at radius 2 is 1.94 bits per heavy atom. The van der Waals surface area contributed by atoms with Crippen molar-refractivity contribution in [3.63, 3.8) is 0 Å². The molecule has 1 N–H and O–H groups in total. The quantitative estimate of drug-likeness (QED) is 0.879. The molecule has 2 aliphatic rings. The fraction of sp³-hybridized carbons (Fsp3) is 0.500. The molecule has 1 aromatic carbocycles. The Labute approximate surface area is 105 Å². The fourth-order valence-corrected chi connectivity index (χ4v) is 2.74. The Balaban J connectivity index is 1.96. The summed E-state index contributed by atoms with van der Waals surface area (Å²) in [7, 11) is 0. The molecule has 0 unspecified atom stereocenters. The van der Waals surface area contributed by atoms with E-state index in [0.717, 1.165) is 26.3 Å². The number of rotatable bonds is 2. The molecule has 0 radical (unpaired) electrons. The molecule has 2 fully saturated rings. The minimum atomic E-state index is 0.166. The topological polar surface area (TPSA) is 21.3 Å². The molecule has 0 bridgehead atoms. The van der Waals surface area contributed by atoms with Gasteiger partial charge in [0.1, 0.15) is 0 Å². The first kappa shape index (κ1) is 10.8. The summed E-state index contributed by atoms with van der Waals surface area (Å²) in [6.45, 7) is 3.75. The number of hydrogen-bond donors (Lipinski definition) is 1. The number of hydrogen-bond acceptors (Lipinski definition) is 2. The standard InChI is InChI=1S/C12H13Cl2NO/c13-10-2-1-8(3-11(10)14)12(6-16-7-12)9-4-15-5-9/h1-3,9,15H,4-7H2. The summed E-state index contributed by atoms with van der Waals surface area (Å²) < 4.78 is 5.42. The lowest BCUT2D eigenvalue weighted by molar-refractivity contribution is -0.101. The highest BCUT2D eigenvalue weighted by atomic mass is 35.5. The first-order valence-corrected chi connectivity index (χ1v) is 6.22. The van der Waals surface area contributed by atoms with Crippen LogP contribution in [0.4, 0.5) is 0 Å². The van der Waals surface area contributed by atoms with Gasteiger partial charge < -0.3 is 10.1 Å². The minimum absolute atomic E-state index is 0.166. The summed E-state index contributed by atoms with van der Waals surface area (Å²) in [6.07, 6.45) is 0. The summed E-state index contributed by atoms with van der Waals surface area (Å²) in [6, 6.07) is 5.95. The second-order valence-electron chi connectivity index (χ2n) is 4.63. The zero-order valence-corrected chi connectivity index (χ0v) is 10.3. The first-order chi connectivity index (χ1) is 7.72. The van der Waals surface area contributed by atoms with E-state index < -0.39 is 0 Å². The molecule has 2 aliphatic heterocycles. The lowest BCUT2D eigenvalue weighted by Gasteiger charge is -2.51. The largest absolute Gasteiger partial charge is 0.379 e. The van der Waals surface area contributed by atoms with Gasteiger partial charge in [-0.25, -0.2) is 0 Å². The van der Waals surface area contributed by atoms with Gasteiger partial charge in [0.25, 0.3) is 0 Å². The molecule has 1 aromatic rings. The summed E-state index contributed by atoms with van der Waals surface area (Å²) in [5, 5.41) is 4.57. The van der Waals surface area contributed by atoms with Crippen molar-refractivity contribution in [2.75, 3.05) is 26.3 Å². The summed E-state index contributed by atoms with van der Waals surface area (Å²) in [5.74, 6) is 0.665. The zero-order valence-electron chi connectivity index (χ0n) is 8.80. The van der Waals surface area contributed by atoms with Gasteiger partial charge >= 0.3 is 0 Å². The summed E-state index contributed by atoms with van der Waals surface area (Å²) in [4.78, 5) is 0. The Bertz CT molecular complexity index is 413. The van der Waals surface area contributed by atoms with Crippen molar-refractivity contribution in [2.45, 2.75) is 5.41 Å². The zero-order chi connectivity index (χ0) is 11.2. The van der Waals surface area contributed by atoms with Crippen LogP contribution in [0.25, 0.3) is 0 Å². The fourth-order valence-electron chi connectivity index (χ4n) is 2.45. The van der Waals surface area contributed by atoms with Crippen molar-refractivity contribution >= 4 is 23.2 Å². The van der Waals surface area contributed by atoms with Gasteiger partial charge in [-0.2, -0.15) is 0 Å². The minimum Gasteiger partial charge on any atom is -0.379 e. The molecule has 16 heavy (non-hydrogen) atoms. The van der Waals surface area contributed by atoms with Crippen molar-refractivity contribution < 1.29 is 4.74 Å². The van der Waals surface area contributed by atoms with Crippen LogP contribution >= 0.6 is 23.2 Å². The van der Waals surface area contributed by atoms with E-state index in [1.54, 1.807) is 0 Å². The van der Waals surface area contributed by atoms with E-state index in [0.29, 0.717) is 16.0 Å². The Hall–Kier alpha value is -0.280. The average molecular weight is 258 g/mol. The molecular weight excluding hydrogens is 245 g/mol. The molecule has 0 spiro atoms. The van der Waals surface area contributed by atoms with Gasteiger partial charge in [-0.05, 0) is 23.6 Å². The molecule has 4 heteroatoms. The van der Waals surface area contributed by atoms with E-state index in [9.17, 15) is 0 Å². The van der Waals surface area contributed by atoms with Gasteiger partial charge in [-0.3, -0.25) is 0 Å². The molecule has 0 aromatic heterocycles. The lowest BCUT2D eigenvalue weighted by atomic mass is 9.66. The van der Waals surface area contributed by atoms with Crippen LogP contribution in [-0.4, -0.2) is 26.3 Å². The van der Waals surface area contributed by atoms with Gasteiger partial charge in [0, 0.05) is 18.5 Å². The van der Waals surface area contributed by atoms with E-state index in [4.69, 9.17) is 27.9 Å². The van der Waals surface area contributed by atoms with Crippen LogP contribution in [0.2, 0.25) is 10.0 Å². The predicted molar refractivity (Wildman–Crippen MR) is 65.3 cm³/mol. The summed E-state index contributed by atoms with van der Waals surface area (Å²) in [5.41, 5.74) is 1.43. The van der Waals surface area contributed by atoms with Crippen molar-refractivity contribution in [1.29, 1.82) is 0 Å². The Kier molecular flexibility index (Phi) is 2.63. The van der Waals surface area contributed by atoms with Gasteiger partial charge in [0.2, 0.25) is 0 Å². The second kappa shape index (κ2) is 3.88. The molecule has 0 amide bonds. The van der Waals surface area contributed by atoms with E-state index in [-0.39, 0.29) is 5.41 Å². The van der Waals surface area contributed by atoms with E-state index >= 15 is 0 Å². The molecular formula is C12H13Cl2NO. The third-order valence-electron chi connectivity index (χ3n) is 3.78. The van der Waals surface area contributed by atoms with E-state index in [1.165, 1.54) is 5.56 Å². The molecule has 2 saturated heterocycles. The second-order valence-corrected chi connectivity index (χ2v) is 5.45. The van der Waals surface area contributed by atoms with Crippen LogP contribution in [0.1, 0.15) is 5.56 Å². The molecule has 2 nitrogen and oxygen atoms in total. The van der Waals surface area contributed by atoms with E-state index in [2.05, 4.69) is 11.4 Å². The average Bonchev–Trinajstić information content (AvgIpc) is 2.13. The molecule has 0 aliphatic carbocycles. The maximum Gasteiger partial charge on any atom is 0.0595 e. The third-order valence-corrected chi connectivity index (χ3v) is 4.52. The highest BCUT2D eigenvalue weighted by Crippen LogP contribution is 2.42. The maximum absolute atomic E-state index is 6.08. The smallest absolute Gasteiger partial charge is 0.0595 e. The molecule has 0 atom stereocenters. The first-order valence-electron chi connectivity index (χ1n) is 5.46. The Morgan fingerprint density at radius 3 is 2.38 bits per heavy atom. The number of nitrogens with one attached hydrogen (secondary N) is 1. The lowest BCUT2D eigenvalue weighted by Crippen LogP contribution is -2.62. The molecule has 3 rings (SSSR count). The van der Waals surface area contributed by atoms with Crippen molar-refractivity contribution in [1.82, 2.24) is 5.32 Å². The van der Waals surface area contributed by atoms with Crippen molar-refractivity contribution in [3.05, 3.63) is 33.8 Å². The molecule has 86 valence electrons. The summed E-state index contributed by atoms with van der Waals surface area (Å²) >= 11 is 12.0. The predicted octanol–water partition coefficient (Wildman–Crippen LogP) is 2.48. The highest BCUT2D eigenvalue weighted by Gasteiger charge is 2.49. The monoisotopic (exact) mass is 257 g/mol. The van der Waals surface area contributed by atoms with Crippen LogP contribution in [0, 0.1) is 5.92 Å². The van der Waals surface area contributed by atoms with Crippen LogP contribution < -0.4 is 5.32 Å². The van der Waals surface area contributed by atoms with Gasteiger partial charge in [-0.15, -0.1) is 0 Å². The van der Waals surface area contributed by atoms with Gasteiger partial charge in [-0.1, -0.05) is 29.3 Å². The molecule has 0 saturated carbocycles. The maximum atomic E-state index is 6.08. The van der Waals surface area contributed by atoms with Gasteiger partial charge in [0.05, 0.1) is 23.3 Å². The van der Waals surface area contributed by atoms with Crippen LogP contribution in [-0.2, 0) is 10.2 Å². The third kappa shape index (κ3) is 1.48. The number of ether oxygens (including phenoxy) is 1. The van der Waals surface area contributed by atoms with Crippen LogP contribution in [0.5, 0.6) is 0 Å². The Morgan fingerprint density at radius 1 is 1.19 bits per heavy atom.